The molecule has 6 heteroatoms. The van der Waals surface area contributed by atoms with Gasteiger partial charge in [0, 0.05) is 5.56 Å². The van der Waals surface area contributed by atoms with Gasteiger partial charge in [0.05, 0.1) is 7.05 Å². The van der Waals surface area contributed by atoms with Crippen LogP contribution in [0, 0.1) is 5.82 Å². The van der Waals surface area contributed by atoms with Gasteiger partial charge in [0.1, 0.15) is 17.9 Å². The Kier molecular flexibility index (Phi) is 4.55. The Morgan fingerprint density at radius 3 is 2.52 bits per heavy atom. The van der Waals surface area contributed by atoms with Gasteiger partial charge < -0.3 is 10.2 Å². The van der Waals surface area contributed by atoms with Gasteiger partial charge in [0.15, 0.2) is 6.67 Å². The number of amides is 3. The zero-order chi connectivity index (χ0) is 18.0. The maximum atomic E-state index is 13.3. The highest BCUT2D eigenvalue weighted by Gasteiger charge is 2.49. The van der Waals surface area contributed by atoms with E-state index in [4.69, 9.17) is 0 Å². The Bertz CT molecular complexity index is 796. The summed E-state index contributed by atoms with van der Waals surface area (Å²) in [6, 6.07) is 15.1. The predicted molar refractivity (Wildman–Crippen MR) is 91.0 cm³/mol. The molecule has 3 rings (SSSR count). The number of urea groups is 1. The Labute approximate surface area is 146 Å². The molecule has 1 fully saturated rings. The molecule has 1 aliphatic heterocycles. The molecule has 1 aliphatic rings. The molecule has 1 saturated heterocycles. The molecule has 3 amide bonds. The minimum absolute atomic E-state index is 0.212. The summed E-state index contributed by atoms with van der Waals surface area (Å²) in [7, 11) is 1.86. The predicted octanol–water partition coefficient (Wildman–Crippen LogP) is 1.27. The molecule has 0 aromatic heterocycles. The van der Waals surface area contributed by atoms with E-state index in [2.05, 4.69) is 5.32 Å². The van der Waals surface area contributed by atoms with Crippen LogP contribution in [0.1, 0.15) is 18.1 Å². The Balaban J connectivity index is 1.72. The van der Waals surface area contributed by atoms with E-state index in [-0.39, 0.29) is 18.4 Å². The second kappa shape index (κ2) is 6.64. The fourth-order valence-electron chi connectivity index (χ4n) is 3.13. The first-order chi connectivity index (χ1) is 11.9. The molecule has 2 atom stereocenters. The van der Waals surface area contributed by atoms with Gasteiger partial charge in [-0.15, -0.1) is 0 Å². The first kappa shape index (κ1) is 17.1. The van der Waals surface area contributed by atoms with E-state index in [1.54, 1.807) is 13.0 Å². The number of quaternary nitrogens is 1. The third-order valence-corrected chi connectivity index (χ3v) is 4.45. The number of imide groups is 1. The lowest BCUT2D eigenvalue weighted by Crippen LogP contribution is -3.09. The van der Waals surface area contributed by atoms with Gasteiger partial charge in [-0.3, -0.25) is 4.79 Å². The molecule has 1 unspecified atom stereocenters. The average molecular weight is 342 g/mol. The molecule has 25 heavy (non-hydrogen) atoms. The van der Waals surface area contributed by atoms with E-state index in [1.165, 1.54) is 17.0 Å². The van der Waals surface area contributed by atoms with Crippen LogP contribution in [0.25, 0.3) is 0 Å². The first-order valence-corrected chi connectivity index (χ1v) is 8.15. The van der Waals surface area contributed by atoms with Crippen LogP contribution in [0.5, 0.6) is 0 Å². The number of carbonyl (C=O) groups excluding carboxylic acids is 2. The second-order valence-corrected chi connectivity index (χ2v) is 6.58. The van der Waals surface area contributed by atoms with Crippen molar-refractivity contribution in [3.63, 3.8) is 0 Å². The van der Waals surface area contributed by atoms with Crippen molar-refractivity contribution in [3.8, 4) is 0 Å². The molecule has 5 nitrogen and oxygen atoms in total. The van der Waals surface area contributed by atoms with Crippen molar-refractivity contribution in [2.45, 2.75) is 19.0 Å². The van der Waals surface area contributed by atoms with E-state index in [0.717, 1.165) is 16.0 Å². The summed E-state index contributed by atoms with van der Waals surface area (Å²) in [4.78, 5) is 27.3. The van der Waals surface area contributed by atoms with Crippen LogP contribution in [0.2, 0.25) is 0 Å². The molecule has 0 bridgehead atoms. The average Bonchev–Trinajstić information content (AvgIpc) is 2.80. The zero-order valence-electron chi connectivity index (χ0n) is 14.3. The first-order valence-electron chi connectivity index (χ1n) is 8.15. The van der Waals surface area contributed by atoms with Crippen molar-refractivity contribution < 1.29 is 18.9 Å². The fraction of sp³-hybridized carbons (Fsp3) is 0.263. The molecule has 2 aromatic rings. The third kappa shape index (κ3) is 3.39. The molecule has 1 heterocycles. The lowest BCUT2D eigenvalue weighted by Gasteiger charge is -2.23. The quantitative estimate of drug-likeness (QED) is 0.804. The summed E-state index contributed by atoms with van der Waals surface area (Å²) in [6.45, 7) is 2.44. The fourth-order valence-corrected chi connectivity index (χ4v) is 3.13. The van der Waals surface area contributed by atoms with Crippen LogP contribution in [0.3, 0.4) is 0 Å². The number of rotatable bonds is 5. The number of hydrogen-bond donors (Lipinski definition) is 2. The SMILES string of the molecule is C[NH+](Cc1cccc(F)c1)CN1C(=O)N[C@](C)(c2ccccc2)C1=O. The highest BCUT2D eigenvalue weighted by molar-refractivity contribution is 6.07. The van der Waals surface area contributed by atoms with Gasteiger partial charge in [-0.2, -0.15) is 0 Å². The van der Waals surface area contributed by atoms with Crippen LogP contribution in [-0.4, -0.2) is 30.6 Å². The zero-order valence-corrected chi connectivity index (χ0v) is 14.3. The normalized spacial score (nSPS) is 21.3. The van der Waals surface area contributed by atoms with Gasteiger partial charge in [-0.05, 0) is 24.6 Å². The molecule has 0 radical (unpaired) electrons. The maximum Gasteiger partial charge on any atom is 0.329 e. The molecular formula is C19H21FN3O2+. The van der Waals surface area contributed by atoms with Gasteiger partial charge >= 0.3 is 6.03 Å². The standard InChI is InChI=1S/C19H20FN3O2/c1-19(15-8-4-3-5-9-15)17(24)23(18(25)21-19)13-22(2)12-14-7-6-10-16(20)11-14/h3-11H,12-13H2,1-2H3,(H,21,25)/p+1/t19-/m1/s1. The van der Waals surface area contributed by atoms with Gasteiger partial charge in [-0.25, -0.2) is 14.1 Å². The molecule has 2 aromatic carbocycles. The lowest BCUT2D eigenvalue weighted by molar-refractivity contribution is -0.901. The van der Waals surface area contributed by atoms with Crippen LogP contribution >= 0.6 is 0 Å². The summed E-state index contributed by atoms with van der Waals surface area (Å²) in [5.41, 5.74) is 0.506. The molecule has 0 spiro atoms. The number of carbonyl (C=O) groups is 2. The Morgan fingerprint density at radius 2 is 1.84 bits per heavy atom. The molecule has 0 saturated carbocycles. The second-order valence-electron chi connectivity index (χ2n) is 6.58. The summed E-state index contributed by atoms with van der Waals surface area (Å²) in [5.74, 6) is -0.570. The van der Waals surface area contributed by atoms with Crippen LogP contribution < -0.4 is 10.2 Å². The van der Waals surface area contributed by atoms with Crippen LogP contribution in [0.4, 0.5) is 9.18 Å². The van der Waals surface area contributed by atoms with E-state index in [9.17, 15) is 14.0 Å². The van der Waals surface area contributed by atoms with Crippen molar-refractivity contribution in [1.82, 2.24) is 10.2 Å². The number of nitrogens with one attached hydrogen (secondary N) is 2. The monoisotopic (exact) mass is 342 g/mol. The third-order valence-electron chi connectivity index (χ3n) is 4.45. The van der Waals surface area contributed by atoms with Crippen LogP contribution in [-0.2, 0) is 16.9 Å². The van der Waals surface area contributed by atoms with E-state index in [0.29, 0.717) is 6.54 Å². The van der Waals surface area contributed by atoms with E-state index in [1.807, 2.05) is 43.4 Å². The Hall–Kier alpha value is -2.73. The lowest BCUT2D eigenvalue weighted by atomic mass is 9.92. The number of benzene rings is 2. The van der Waals surface area contributed by atoms with Crippen molar-refractivity contribution >= 4 is 11.9 Å². The summed E-state index contributed by atoms with van der Waals surface area (Å²) in [5, 5.41) is 2.79. The molecule has 130 valence electrons. The number of halogens is 1. The van der Waals surface area contributed by atoms with Crippen LogP contribution in [0.15, 0.2) is 54.6 Å². The van der Waals surface area contributed by atoms with Crippen molar-refractivity contribution in [3.05, 3.63) is 71.5 Å². The summed E-state index contributed by atoms with van der Waals surface area (Å²) >= 11 is 0. The highest BCUT2D eigenvalue weighted by Crippen LogP contribution is 2.27. The van der Waals surface area contributed by atoms with Crippen molar-refractivity contribution in [2.24, 2.45) is 0 Å². The summed E-state index contributed by atoms with van der Waals surface area (Å²) < 4.78 is 13.3. The van der Waals surface area contributed by atoms with Gasteiger partial charge in [0.25, 0.3) is 5.91 Å². The van der Waals surface area contributed by atoms with E-state index >= 15 is 0 Å². The molecular weight excluding hydrogens is 321 g/mol. The number of hydrogen-bond acceptors (Lipinski definition) is 2. The molecule has 2 N–H and O–H groups in total. The smallest absolute Gasteiger partial charge is 0.319 e. The largest absolute Gasteiger partial charge is 0.329 e. The Morgan fingerprint density at radius 1 is 1.12 bits per heavy atom. The molecule has 0 aliphatic carbocycles. The maximum absolute atomic E-state index is 13.3. The van der Waals surface area contributed by atoms with E-state index < -0.39 is 11.6 Å². The minimum Gasteiger partial charge on any atom is -0.319 e. The van der Waals surface area contributed by atoms with Crippen molar-refractivity contribution in [1.29, 1.82) is 0 Å². The highest BCUT2D eigenvalue weighted by atomic mass is 19.1. The minimum atomic E-state index is -1.06. The summed E-state index contributed by atoms with van der Waals surface area (Å²) in [6.07, 6.45) is 0. The topological polar surface area (TPSA) is 53.9 Å². The van der Waals surface area contributed by atoms with Gasteiger partial charge in [0.2, 0.25) is 0 Å². The number of nitrogens with zero attached hydrogens (tertiary/aromatic N) is 1. The van der Waals surface area contributed by atoms with Crippen molar-refractivity contribution in [2.75, 3.05) is 13.7 Å². The van der Waals surface area contributed by atoms with Gasteiger partial charge in [-0.1, -0.05) is 42.5 Å².